The van der Waals surface area contributed by atoms with Gasteiger partial charge in [0.15, 0.2) is 0 Å². The minimum Gasteiger partial charge on any atom is -0.491 e. The lowest BCUT2D eigenvalue weighted by atomic mass is 10.1. The fraction of sp³-hybridized carbons (Fsp3) is 0.333. The van der Waals surface area contributed by atoms with Crippen molar-refractivity contribution in [2.24, 2.45) is 0 Å². The average Bonchev–Trinajstić information content (AvgIpc) is 2.81. The largest absolute Gasteiger partial charge is 0.491 e. The third-order valence-corrected chi connectivity index (χ3v) is 3.14. The van der Waals surface area contributed by atoms with Gasteiger partial charge >= 0.3 is 0 Å². The zero-order chi connectivity index (χ0) is 12.3. The van der Waals surface area contributed by atoms with Crippen LogP contribution in [0.1, 0.15) is 16.7 Å². The van der Waals surface area contributed by atoms with Gasteiger partial charge in [0.05, 0.1) is 6.54 Å². The summed E-state index contributed by atoms with van der Waals surface area (Å²) in [5.74, 6) is 1.04. The minimum absolute atomic E-state index is 0.708. The topological polar surface area (TPSA) is 14.2 Å². The molecule has 0 fully saturated rings. The van der Waals surface area contributed by atoms with Gasteiger partial charge in [0, 0.05) is 12.4 Å². The van der Waals surface area contributed by atoms with Crippen LogP contribution in [-0.4, -0.2) is 11.2 Å². The van der Waals surface area contributed by atoms with E-state index in [1.165, 1.54) is 16.7 Å². The van der Waals surface area contributed by atoms with Crippen molar-refractivity contribution in [1.82, 2.24) is 4.57 Å². The molecule has 0 saturated carbocycles. The second-order valence-corrected chi connectivity index (χ2v) is 4.42. The molecular formula is C15H19NO. The van der Waals surface area contributed by atoms with Gasteiger partial charge in [-0.15, -0.1) is 0 Å². The number of benzene rings is 1. The van der Waals surface area contributed by atoms with E-state index < -0.39 is 0 Å². The number of nitrogens with zero attached hydrogens (tertiary/aromatic N) is 1. The predicted octanol–water partition coefficient (Wildman–Crippen LogP) is 3.49. The van der Waals surface area contributed by atoms with Gasteiger partial charge in [-0.2, -0.15) is 0 Å². The monoisotopic (exact) mass is 229 g/mol. The van der Waals surface area contributed by atoms with Gasteiger partial charge in [0.25, 0.3) is 0 Å². The van der Waals surface area contributed by atoms with E-state index in [9.17, 15) is 0 Å². The van der Waals surface area contributed by atoms with E-state index in [1.54, 1.807) is 0 Å². The molecule has 2 heteroatoms. The molecule has 2 rings (SSSR count). The summed E-state index contributed by atoms with van der Waals surface area (Å²) in [7, 11) is 0. The van der Waals surface area contributed by atoms with Crippen LogP contribution in [-0.2, 0) is 6.54 Å². The first kappa shape index (κ1) is 11.8. The highest BCUT2D eigenvalue weighted by molar-refractivity contribution is 5.44. The summed E-state index contributed by atoms with van der Waals surface area (Å²) in [6.07, 6.45) is 4.11. The Morgan fingerprint density at radius 3 is 2.35 bits per heavy atom. The van der Waals surface area contributed by atoms with E-state index in [2.05, 4.69) is 49.9 Å². The smallest absolute Gasteiger partial charge is 0.125 e. The summed E-state index contributed by atoms with van der Waals surface area (Å²) in [4.78, 5) is 0. The van der Waals surface area contributed by atoms with Crippen molar-refractivity contribution in [3.63, 3.8) is 0 Å². The molecule has 2 nitrogen and oxygen atoms in total. The highest BCUT2D eigenvalue weighted by atomic mass is 16.5. The van der Waals surface area contributed by atoms with Gasteiger partial charge in [-0.1, -0.05) is 12.1 Å². The maximum absolute atomic E-state index is 5.90. The summed E-state index contributed by atoms with van der Waals surface area (Å²) < 4.78 is 8.03. The van der Waals surface area contributed by atoms with Gasteiger partial charge < -0.3 is 9.30 Å². The molecule has 2 aromatic rings. The zero-order valence-corrected chi connectivity index (χ0v) is 10.7. The molecule has 0 saturated heterocycles. The number of aromatic nitrogens is 1. The van der Waals surface area contributed by atoms with Crippen molar-refractivity contribution in [2.75, 3.05) is 6.61 Å². The Morgan fingerprint density at radius 2 is 1.65 bits per heavy atom. The molecule has 1 aromatic carbocycles. The van der Waals surface area contributed by atoms with E-state index in [0.29, 0.717) is 6.61 Å². The number of ether oxygens (including phenoxy) is 1. The van der Waals surface area contributed by atoms with E-state index in [1.807, 2.05) is 12.1 Å². The summed E-state index contributed by atoms with van der Waals surface area (Å²) in [5.41, 5.74) is 3.74. The molecule has 0 N–H and O–H groups in total. The van der Waals surface area contributed by atoms with Gasteiger partial charge in [0.1, 0.15) is 12.4 Å². The summed E-state index contributed by atoms with van der Waals surface area (Å²) in [6.45, 7) is 7.93. The molecule has 1 heterocycles. The van der Waals surface area contributed by atoms with Crippen LogP contribution in [0, 0.1) is 20.8 Å². The van der Waals surface area contributed by atoms with Gasteiger partial charge in [-0.3, -0.25) is 0 Å². The van der Waals surface area contributed by atoms with E-state index in [0.717, 1.165) is 12.3 Å². The second-order valence-electron chi connectivity index (χ2n) is 4.42. The molecule has 17 heavy (non-hydrogen) atoms. The highest BCUT2D eigenvalue weighted by Crippen LogP contribution is 2.25. The molecule has 0 aliphatic heterocycles. The SMILES string of the molecule is Cc1ccc(C)c(OCCn2cccc2)c1C. The molecule has 0 bridgehead atoms. The van der Waals surface area contributed by atoms with Gasteiger partial charge in [0.2, 0.25) is 0 Å². The Hall–Kier alpha value is -1.70. The van der Waals surface area contributed by atoms with E-state index in [-0.39, 0.29) is 0 Å². The number of hydrogen-bond acceptors (Lipinski definition) is 1. The van der Waals surface area contributed by atoms with Crippen LogP contribution in [0.15, 0.2) is 36.7 Å². The number of hydrogen-bond donors (Lipinski definition) is 0. The first-order valence-electron chi connectivity index (χ1n) is 5.99. The van der Waals surface area contributed by atoms with Crippen molar-refractivity contribution >= 4 is 0 Å². The van der Waals surface area contributed by atoms with Crippen molar-refractivity contribution in [1.29, 1.82) is 0 Å². The average molecular weight is 229 g/mol. The minimum atomic E-state index is 0.708. The van der Waals surface area contributed by atoms with E-state index in [4.69, 9.17) is 4.74 Å². The second kappa shape index (κ2) is 5.09. The molecule has 0 spiro atoms. The molecule has 0 aliphatic rings. The van der Waals surface area contributed by atoms with Crippen LogP contribution in [0.3, 0.4) is 0 Å². The van der Waals surface area contributed by atoms with Crippen molar-refractivity contribution in [2.45, 2.75) is 27.3 Å². The third-order valence-electron chi connectivity index (χ3n) is 3.14. The predicted molar refractivity (Wildman–Crippen MR) is 70.6 cm³/mol. The van der Waals surface area contributed by atoms with Crippen LogP contribution in [0.5, 0.6) is 5.75 Å². The molecular weight excluding hydrogens is 210 g/mol. The zero-order valence-electron chi connectivity index (χ0n) is 10.7. The summed E-state index contributed by atoms with van der Waals surface area (Å²) in [6, 6.07) is 8.32. The molecule has 1 aromatic heterocycles. The maximum atomic E-state index is 5.90. The fourth-order valence-corrected chi connectivity index (χ4v) is 1.92. The third kappa shape index (κ3) is 2.70. The molecule has 0 atom stereocenters. The van der Waals surface area contributed by atoms with Crippen molar-refractivity contribution in [3.8, 4) is 5.75 Å². The van der Waals surface area contributed by atoms with Crippen molar-refractivity contribution in [3.05, 3.63) is 53.3 Å². The standard InChI is InChI=1S/C15H19NO/c1-12-6-7-13(2)15(14(12)3)17-11-10-16-8-4-5-9-16/h4-9H,10-11H2,1-3H3. The number of rotatable bonds is 4. The molecule has 0 unspecified atom stereocenters. The van der Waals surface area contributed by atoms with Gasteiger partial charge in [-0.05, 0) is 49.6 Å². The van der Waals surface area contributed by atoms with Crippen molar-refractivity contribution < 1.29 is 4.74 Å². The quantitative estimate of drug-likeness (QED) is 0.782. The van der Waals surface area contributed by atoms with Gasteiger partial charge in [-0.25, -0.2) is 0 Å². The van der Waals surface area contributed by atoms with Crippen LogP contribution in [0.2, 0.25) is 0 Å². The first-order valence-corrected chi connectivity index (χ1v) is 5.99. The Kier molecular flexibility index (Phi) is 3.52. The first-order chi connectivity index (χ1) is 8.18. The van der Waals surface area contributed by atoms with Crippen LogP contribution in [0.25, 0.3) is 0 Å². The number of aryl methyl sites for hydroxylation is 2. The molecule has 0 aliphatic carbocycles. The summed E-state index contributed by atoms with van der Waals surface area (Å²) >= 11 is 0. The summed E-state index contributed by atoms with van der Waals surface area (Å²) in [5, 5.41) is 0. The Balaban J connectivity index is 2.01. The Bertz CT molecular complexity index is 486. The van der Waals surface area contributed by atoms with Crippen LogP contribution >= 0.6 is 0 Å². The highest BCUT2D eigenvalue weighted by Gasteiger charge is 2.05. The Morgan fingerprint density at radius 1 is 1.00 bits per heavy atom. The normalized spacial score (nSPS) is 10.5. The van der Waals surface area contributed by atoms with Crippen LogP contribution in [0.4, 0.5) is 0 Å². The molecule has 90 valence electrons. The maximum Gasteiger partial charge on any atom is 0.125 e. The molecule has 0 radical (unpaired) electrons. The molecule has 0 amide bonds. The lowest BCUT2D eigenvalue weighted by molar-refractivity contribution is 0.294. The van der Waals surface area contributed by atoms with Crippen LogP contribution < -0.4 is 4.74 Å². The Labute approximate surface area is 103 Å². The van der Waals surface area contributed by atoms with E-state index >= 15 is 0 Å². The lowest BCUT2D eigenvalue weighted by Gasteiger charge is -2.14. The fourth-order valence-electron chi connectivity index (χ4n) is 1.92. The lowest BCUT2D eigenvalue weighted by Crippen LogP contribution is -2.08.